The van der Waals surface area contributed by atoms with E-state index in [1.54, 1.807) is 32.9 Å². The average molecular weight is 384 g/mol. The molecule has 0 aliphatic carbocycles. The van der Waals surface area contributed by atoms with Gasteiger partial charge in [0.25, 0.3) is 0 Å². The van der Waals surface area contributed by atoms with Gasteiger partial charge in [0.05, 0.1) is 18.0 Å². The van der Waals surface area contributed by atoms with E-state index in [1.807, 2.05) is 0 Å². The van der Waals surface area contributed by atoms with Crippen molar-refractivity contribution in [2.75, 3.05) is 13.7 Å². The number of nitrogens with zero attached hydrogens (tertiary/aromatic N) is 1. The summed E-state index contributed by atoms with van der Waals surface area (Å²) in [5.74, 6) is 0.543. The fourth-order valence-electron chi connectivity index (χ4n) is 2.65. The van der Waals surface area contributed by atoms with Crippen LogP contribution >= 0.6 is 0 Å². The molecule has 1 heterocycles. The number of ether oxygens (including phenoxy) is 2. The molecule has 2 atom stereocenters. The molecule has 2 rings (SSSR count). The van der Waals surface area contributed by atoms with Crippen LogP contribution in [0.25, 0.3) is 0 Å². The highest BCUT2D eigenvalue weighted by Gasteiger charge is 2.39. The largest absolute Gasteiger partial charge is 0.497 e. The molecule has 1 aliphatic heterocycles. The van der Waals surface area contributed by atoms with Crippen molar-refractivity contribution in [2.45, 2.75) is 49.8 Å². The molecule has 26 heavy (non-hydrogen) atoms. The summed E-state index contributed by atoms with van der Waals surface area (Å²) >= 11 is 0. The number of nitrogens with one attached hydrogen (secondary N) is 1. The number of rotatable bonds is 5. The van der Waals surface area contributed by atoms with Crippen molar-refractivity contribution in [2.24, 2.45) is 0 Å². The molecule has 1 aromatic rings. The van der Waals surface area contributed by atoms with Crippen molar-refractivity contribution in [1.29, 1.82) is 0 Å². The number of likely N-dealkylation sites (tertiary alicyclic amines) is 1. The Morgan fingerprint density at radius 3 is 2.38 bits per heavy atom. The zero-order valence-electron chi connectivity index (χ0n) is 15.3. The second kappa shape index (κ2) is 7.63. The summed E-state index contributed by atoms with van der Waals surface area (Å²) in [6.45, 7) is 5.23. The molecule has 8 nitrogen and oxygen atoms in total. The molecule has 144 valence electrons. The smallest absolute Gasteiger partial charge is 0.410 e. The van der Waals surface area contributed by atoms with Crippen LogP contribution in [0.2, 0.25) is 0 Å². The molecule has 1 saturated heterocycles. The van der Waals surface area contributed by atoms with Gasteiger partial charge in [0.1, 0.15) is 17.6 Å². The van der Waals surface area contributed by atoms with E-state index < -0.39 is 33.8 Å². The topological polar surface area (TPSA) is 102 Å². The number of benzene rings is 1. The van der Waals surface area contributed by atoms with Gasteiger partial charge in [0, 0.05) is 12.6 Å². The minimum absolute atomic E-state index is 0.0632. The monoisotopic (exact) mass is 384 g/mol. The van der Waals surface area contributed by atoms with E-state index >= 15 is 0 Å². The highest BCUT2D eigenvalue weighted by atomic mass is 32.2. The van der Waals surface area contributed by atoms with Gasteiger partial charge in [-0.3, -0.25) is 4.90 Å². The lowest BCUT2D eigenvalue weighted by molar-refractivity contribution is -0.111. The SMILES string of the molecule is COc1ccc(S(=O)(=O)N[C@@H]2C[C@@H](C=O)N(C(=O)OC(C)(C)C)C2)cc1. The van der Waals surface area contributed by atoms with Gasteiger partial charge >= 0.3 is 6.09 Å². The molecule has 1 aliphatic rings. The van der Waals surface area contributed by atoms with Gasteiger partial charge in [-0.1, -0.05) is 0 Å². The average Bonchev–Trinajstić information content (AvgIpc) is 2.95. The van der Waals surface area contributed by atoms with Crippen LogP contribution in [0, 0.1) is 0 Å². The fourth-order valence-corrected chi connectivity index (χ4v) is 3.89. The number of amides is 1. The maximum atomic E-state index is 12.5. The van der Waals surface area contributed by atoms with Crippen molar-refractivity contribution in [3.8, 4) is 5.75 Å². The Balaban J connectivity index is 2.09. The van der Waals surface area contributed by atoms with Gasteiger partial charge in [-0.2, -0.15) is 0 Å². The maximum Gasteiger partial charge on any atom is 0.410 e. The molecule has 9 heteroatoms. The quantitative estimate of drug-likeness (QED) is 0.773. The lowest BCUT2D eigenvalue weighted by atomic mass is 10.2. The summed E-state index contributed by atoms with van der Waals surface area (Å²) in [5.41, 5.74) is -0.703. The molecule has 0 spiro atoms. The molecule has 1 aromatic carbocycles. The highest BCUT2D eigenvalue weighted by Crippen LogP contribution is 2.22. The van der Waals surface area contributed by atoms with E-state index in [-0.39, 0.29) is 17.9 Å². The Hall–Kier alpha value is -2.13. The van der Waals surface area contributed by atoms with E-state index in [9.17, 15) is 18.0 Å². The third kappa shape index (κ3) is 4.95. The van der Waals surface area contributed by atoms with Crippen molar-refractivity contribution >= 4 is 22.4 Å². The van der Waals surface area contributed by atoms with E-state index in [4.69, 9.17) is 9.47 Å². The van der Waals surface area contributed by atoms with Gasteiger partial charge in [-0.25, -0.2) is 17.9 Å². The molecular weight excluding hydrogens is 360 g/mol. The van der Waals surface area contributed by atoms with Gasteiger partial charge in [-0.15, -0.1) is 0 Å². The number of aldehydes is 1. The Morgan fingerprint density at radius 2 is 1.88 bits per heavy atom. The molecule has 1 amide bonds. The standard InChI is InChI=1S/C17H24N2O6S/c1-17(2,3)25-16(21)19-10-12(9-13(19)11-20)18-26(22,23)15-7-5-14(24-4)6-8-15/h5-8,11-13,18H,9-10H2,1-4H3/t12-,13+/m1/s1. The van der Waals surface area contributed by atoms with Crippen LogP contribution in [-0.4, -0.2) is 57.0 Å². The second-order valence-corrected chi connectivity index (χ2v) is 8.78. The minimum Gasteiger partial charge on any atom is -0.497 e. The Bertz CT molecular complexity index is 754. The Morgan fingerprint density at radius 1 is 1.27 bits per heavy atom. The zero-order chi connectivity index (χ0) is 19.5. The van der Waals surface area contributed by atoms with E-state index in [0.717, 1.165) is 0 Å². The first-order chi connectivity index (χ1) is 12.1. The predicted octanol–water partition coefficient (Wildman–Crippen LogP) is 1.55. The first-order valence-corrected chi connectivity index (χ1v) is 9.65. The number of hydrogen-bond acceptors (Lipinski definition) is 6. The number of hydrogen-bond donors (Lipinski definition) is 1. The molecule has 1 N–H and O–H groups in total. The lowest BCUT2D eigenvalue weighted by Crippen LogP contribution is -2.42. The van der Waals surface area contributed by atoms with Crippen LogP contribution in [0.5, 0.6) is 5.75 Å². The summed E-state index contributed by atoms with van der Waals surface area (Å²) in [6, 6.07) is 4.64. The minimum atomic E-state index is -3.78. The predicted molar refractivity (Wildman–Crippen MR) is 94.5 cm³/mol. The fraction of sp³-hybridized carbons (Fsp3) is 0.529. The van der Waals surface area contributed by atoms with Crippen LogP contribution in [-0.2, 0) is 19.6 Å². The highest BCUT2D eigenvalue weighted by molar-refractivity contribution is 7.89. The second-order valence-electron chi connectivity index (χ2n) is 7.07. The number of carbonyl (C=O) groups is 2. The first-order valence-electron chi connectivity index (χ1n) is 8.17. The number of sulfonamides is 1. The third-order valence-electron chi connectivity index (χ3n) is 3.82. The van der Waals surface area contributed by atoms with Crippen molar-refractivity contribution in [3.05, 3.63) is 24.3 Å². The summed E-state index contributed by atoms with van der Waals surface area (Å²) < 4.78 is 37.9. The first kappa shape index (κ1) is 20.2. The number of carbonyl (C=O) groups excluding carboxylic acids is 2. The van der Waals surface area contributed by atoms with Crippen molar-refractivity contribution < 1.29 is 27.5 Å². The van der Waals surface area contributed by atoms with Crippen LogP contribution in [0.1, 0.15) is 27.2 Å². The van der Waals surface area contributed by atoms with Crippen LogP contribution in [0.3, 0.4) is 0 Å². The van der Waals surface area contributed by atoms with Gasteiger partial charge in [0.2, 0.25) is 10.0 Å². The molecule has 1 fully saturated rings. The Kier molecular flexibility index (Phi) is 5.92. The van der Waals surface area contributed by atoms with E-state index in [0.29, 0.717) is 12.0 Å². The summed E-state index contributed by atoms with van der Waals surface area (Å²) in [7, 11) is -2.29. The van der Waals surface area contributed by atoms with E-state index in [1.165, 1.54) is 24.1 Å². The molecular formula is C17H24N2O6S. The van der Waals surface area contributed by atoms with Crippen molar-refractivity contribution in [3.63, 3.8) is 0 Å². The molecule has 0 aromatic heterocycles. The normalized spacial score (nSPS) is 20.7. The zero-order valence-corrected chi connectivity index (χ0v) is 16.1. The molecule has 0 saturated carbocycles. The molecule has 0 radical (unpaired) electrons. The van der Waals surface area contributed by atoms with Crippen LogP contribution in [0.15, 0.2) is 29.2 Å². The van der Waals surface area contributed by atoms with E-state index in [2.05, 4.69) is 4.72 Å². The summed E-state index contributed by atoms with van der Waals surface area (Å²) in [5, 5.41) is 0. The molecule has 0 unspecified atom stereocenters. The summed E-state index contributed by atoms with van der Waals surface area (Å²) in [6.07, 6.45) is 0.185. The third-order valence-corrected chi connectivity index (χ3v) is 5.36. The molecule has 0 bridgehead atoms. The summed E-state index contributed by atoms with van der Waals surface area (Å²) in [4.78, 5) is 24.9. The van der Waals surface area contributed by atoms with Gasteiger partial charge < -0.3 is 14.3 Å². The Labute approximate surface area is 153 Å². The van der Waals surface area contributed by atoms with Crippen LogP contribution < -0.4 is 9.46 Å². The van der Waals surface area contributed by atoms with Crippen molar-refractivity contribution in [1.82, 2.24) is 9.62 Å². The maximum absolute atomic E-state index is 12.5. The van der Waals surface area contributed by atoms with Crippen LogP contribution in [0.4, 0.5) is 4.79 Å². The van der Waals surface area contributed by atoms with Gasteiger partial charge in [-0.05, 0) is 51.5 Å². The number of methoxy groups -OCH3 is 1. The lowest BCUT2D eigenvalue weighted by Gasteiger charge is -2.26. The van der Waals surface area contributed by atoms with Gasteiger partial charge in [0.15, 0.2) is 0 Å².